The van der Waals surface area contributed by atoms with Gasteiger partial charge >= 0.3 is 0 Å². The van der Waals surface area contributed by atoms with Crippen LogP contribution >= 0.6 is 24.8 Å². The van der Waals surface area contributed by atoms with Gasteiger partial charge in [0.25, 0.3) is 0 Å². The van der Waals surface area contributed by atoms with Crippen LogP contribution in [0.5, 0.6) is 0 Å². The number of benzene rings is 2. The van der Waals surface area contributed by atoms with Gasteiger partial charge < -0.3 is 31.3 Å². The minimum Gasteiger partial charge on any atom is -0.387 e. The lowest BCUT2D eigenvalue weighted by Gasteiger charge is -2.27. The van der Waals surface area contributed by atoms with Crippen molar-refractivity contribution in [1.29, 1.82) is 0 Å². The number of fused-ring (bicyclic) bond motifs is 1. The van der Waals surface area contributed by atoms with Crippen LogP contribution in [0.2, 0.25) is 0 Å². The van der Waals surface area contributed by atoms with Crippen molar-refractivity contribution in [1.82, 2.24) is 39.7 Å². The summed E-state index contributed by atoms with van der Waals surface area (Å²) in [6.07, 6.45) is 0.697. The Kier molecular flexibility index (Phi) is 11.5. The zero-order valence-electron chi connectivity index (χ0n) is 26.4. The zero-order chi connectivity index (χ0) is 31.6. The lowest BCUT2D eigenvalue weighted by molar-refractivity contribution is -0.0384. The summed E-state index contributed by atoms with van der Waals surface area (Å²) in [6, 6.07) is 21.1. The molecule has 1 aliphatic carbocycles. The van der Waals surface area contributed by atoms with Crippen molar-refractivity contribution in [2.24, 2.45) is 5.73 Å². The van der Waals surface area contributed by atoms with Crippen LogP contribution in [0.25, 0.3) is 11.2 Å². The van der Waals surface area contributed by atoms with Gasteiger partial charge in [-0.1, -0.05) is 60.7 Å². The van der Waals surface area contributed by atoms with Crippen LogP contribution in [-0.4, -0.2) is 80.8 Å². The molecule has 5 aromatic rings. The average molecular weight is 699 g/mol. The molecule has 0 amide bonds. The lowest BCUT2D eigenvalue weighted by Crippen LogP contribution is -2.33. The van der Waals surface area contributed by atoms with Crippen molar-refractivity contribution < 1.29 is 14.9 Å². The Labute approximate surface area is 290 Å². The number of nitrogens with zero attached hydrogens (tertiary/aromatic N) is 8. The number of aliphatic hydroxyl groups excluding tert-OH is 2. The molecule has 0 spiro atoms. The summed E-state index contributed by atoms with van der Waals surface area (Å²) < 4.78 is 7.80. The number of nitrogens with two attached hydrogens (primary N) is 1. The molecule has 2 aromatic carbocycles. The SMILES string of the molecule is CCn1nnc([C@H]2O[C@@H](n3cnc4c(NCC(c5ccccc5)c5ccccc5)nc(N[C@H]5CC[C@H](N)CC5)nc43)[C@H](O)[C@@H]2O)n1.Cl.Cl. The van der Waals surface area contributed by atoms with E-state index < -0.39 is 24.5 Å². The second-order valence-corrected chi connectivity index (χ2v) is 12.0. The van der Waals surface area contributed by atoms with E-state index in [2.05, 4.69) is 55.3 Å². The van der Waals surface area contributed by atoms with E-state index in [1.54, 1.807) is 10.9 Å². The molecule has 16 heteroatoms. The summed E-state index contributed by atoms with van der Waals surface area (Å²) in [6.45, 7) is 2.94. The number of nitrogens with one attached hydrogen (secondary N) is 2. The third-order valence-corrected chi connectivity index (χ3v) is 8.92. The molecule has 256 valence electrons. The second kappa shape index (κ2) is 15.5. The first-order valence-electron chi connectivity index (χ1n) is 15.9. The number of rotatable bonds is 10. The topological polar surface area (TPSA) is 187 Å². The molecule has 1 saturated carbocycles. The number of aliphatic hydroxyl groups is 2. The number of tetrazole rings is 1. The van der Waals surface area contributed by atoms with Crippen molar-refractivity contribution >= 4 is 47.7 Å². The molecule has 0 radical (unpaired) electrons. The highest BCUT2D eigenvalue weighted by Crippen LogP contribution is 2.39. The number of halogens is 2. The molecule has 7 rings (SSSR count). The van der Waals surface area contributed by atoms with E-state index in [4.69, 9.17) is 20.4 Å². The molecular weight excluding hydrogens is 657 g/mol. The molecule has 4 heterocycles. The Balaban J connectivity index is 0.00000225. The van der Waals surface area contributed by atoms with Crippen LogP contribution in [0, 0.1) is 0 Å². The maximum atomic E-state index is 11.1. The number of aromatic nitrogens is 8. The van der Waals surface area contributed by atoms with Gasteiger partial charge in [-0.3, -0.25) is 4.57 Å². The molecule has 0 unspecified atom stereocenters. The maximum absolute atomic E-state index is 11.1. The lowest BCUT2D eigenvalue weighted by atomic mass is 9.91. The monoisotopic (exact) mass is 697 g/mol. The van der Waals surface area contributed by atoms with Crippen molar-refractivity contribution in [2.75, 3.05) is 17.2 Å². The van der Waals surface area contributed by atoms with Crippen LogP contribution in [0.3, 0.4) is 0 Å². The standard InChI is InChI=1S/C32H39N11O3.2ClH/c1-2-43-40-29(39-41-43)27-25(44)26(45)31(46-27)42-18-35-24-28(37-32(38-30(24)42)36-22-15-13-21(33)14-16-22)34-17-23(19-9-5-3-6-10-19)20-11-7-4-8-12-20;;/h3-12,18,21-23,25-27,31,44-45H,2,13-17,33H2,1H3,(H2,34,36,37,38);2*1H/t21-,22-,25-,26+,27-,31+;;/m0../s1. The highest BCUT2D eigenvalue weighted by Gasteiger charge is 2.47. The van der Waals surface area contributed by atoms with E-state index in [-0.39, 0.29) is 48.6 Å². The normalized spacial score (nSPS) is 23.9. The van der Waals surface area contributed by atoms with E-state index in [0.29, 0.717) is 36.0 Å². The Hall–Kier alpha value is -3.92. The van der Waals surface area contributed by atoms with Crippen LogP contribution in [0.4, 0.5) is 11.8 Å². The predicted molar refractivity (Wildman–Crippen MR) is 185 cm³/mol. The first-order valence-corrected chi connectivity index (χ1v) is 15.9. The fourth-order valence-corrected chi connectivity index (χ4v) is 6.34. The molecule has 2 fully saturated rings. The molecule has 6 N–H and O–H groups in total. The molecule has 2 aliphatic rings. The van der Waals surface area contributed by atoms with Crippen LogP contribution in [-0.2, 0) is 11.3 Å². The third-order valence-electron chi connectivity index (χ3n) is 8.92. The number of hydrogen-bond donors (Lipinski definition) is 5. The van der Waals surface area contributed by atoms with E-state index in [0.717, 1.165) is 25.7 Å². The van der Waals surface area contributed by atoms with Gasteiger partial charge in [-0.05, 0) is 48.9 Å². The maximum Gasteiger partial charge on any atom is 0.227 e. The number of anilines is 2. The molecule has 14 nitrogen and oxygen atoms in total. The highest BCUT2D eigenvalue weighted by molar-refractivity contribution is 5.86. The van der Waals surface area contributed by atoms with E-state index >= 15 is 0 Å². The number of aryl methyl sites for hydroxylation is 1. The third kappa shape index (κ3) is 7.23. The zero-order valence-corrected chi connectivity index (χ0v) is 28.0. The van der Waals surface area contributed by atoms with Crippen molar-refractivity contribution in [3.8, 4) is 0 Å². The van der Waals surface area contributed by atoms with Crippen LogP contribution < -0.4 is 16.4 Å². The molecule has 3 aromatic heterocycles. The number of ether oxygens (including phenoxy) is 1. The van der Waals surface area contributed by atoms with Gasteiger partial charge in [-0.25, -0.2) is 4.98 Å². The summed E-state index contributed by atoms with van der Waals surface area (Å²) in [5.41, 5.74) is 9.47. The fourth-order valence-electron chi connectivity index (χ4n) is 6.34. The van der Waals surface area contributed by atoms with Crippen LogP contribution in [0.15, 0.2) is 67.0 Å². The highest BCUT2D eigenvalue weighted by atomic mass is 35.5. The molecule has 0 bridgehead atoms. The average Bonchev–Trinajstić information content (AvgIpc) is 3.81. The summed E-state index contributed by atoms with van der Waals surface area (Å²) in [5.74, 6) is 1.23. The van der Waals surface area contributed by atoms with E-state index in [9.17, 15) is 10.2 Å². The van der Waals surface area contributed by atoms with E-state index in [1.165, 1.54) is 15.9 Å². The number of imidazole rings is 1. The molecular formula is C32H41Cl2N11O3. The summed E-state index contributed by atoms with van der Waals surface area (Å²) in [4.78, 5) is 15.8. The largest absolute Gasteiger partial charge is 0.387 e. The molecule has 48 heavy (non-hydrogen) atoms. The number of hydrogen-bond acceptors (Lipinski definition) is 12. The minimum absolute atomic E-state index is 0. The van der Waals surface area contributed by atoms with Gasteiger partial charge in [0.15, 0.2) is 29.3 Å². The predicted octanol–water partition coefficient (Wildman–Crippen LogP) is 3.59. The van der Waals surface area contributed by atoms with Crippen molar-refractivity contribution in [3.05, 3.63) is 83.9 Å². The Morgan fingerprint density at radius 2 is 1.60 bits per heavy atom. The second-order valence-electron chi connectivity index (χ2n) is 12.0. The summed E-state index contributed by atoms with van der Waals surface area (Å²) in [7, 11) is 0. The Bertz CT molecular complexity index is 1710. The van der Waals surface area contributed by atoms with E-state index in [1.807, 2.05) is 43.3 Å². The molecule has 4 atom stereocenters. The van der Waals surface area contributed by atoms with Gasteiger partial charge in [0.05, 0.1) is 12.9 Å². The van der Waals surface area contributed by atoms with Crippen LogP contribution in [0.1, 0.15) is 67.8 Å². The Morgan fingerprint density at radius 3 is 2.23 bits per heavy atom. The fraction of sp³-hybridized carbons (Fsp3) is 0.438. The minimum atomic E-state index is -1.29. The van der Waals surface area contributed by atoms with Gasteiger partial charge in [0, 0.05) is 24.5 Å². The van der Waals surface area contributed by atoms with Gasteiger partial charge in [0.1, 0.15) is 12.2 Å². The van der Waals surface area contributed by atoms with Crippen molar-refractivity contribution in [2.45, 2.75) is 81.7 Å². The van der Waals surface area contributed by atoms with Gasteiger partial charge in [-0.15, -0.1) is 35.0 Å². The Morgan fingerprint density at radius 1 is 0.938 bits per heavy atom. The molecule has 1 saturated heterocycles. The van der Waals surface area contributed by atoms with Gasteiger partial charge in [-0.2, -0.15) is 14.8 Å². The quantitative estimate of drug-likeness (QED) is 0.143. The first kappa shape index (κ1) is 35.4. The summed E-state index contributed by atoms with van der Waals surface area (Å²) >= 11 is 0. The molecule has 1 aliphatic heterocycles. The van der Waals surface area contributed by atoms with Gasteiger partial charge in [0.2, 0.25) is 11.8 Å². The first-order chi connectivity index (χ1) is 22.5. The summed E-state index contributed by atoms with van der Waals surface area (Å²) in [5, 5.41) is 41.5. The smallest absolute Gasteiger partial charge is 0.227 e. The van der Waals surface area contributed by atoms with Crippen molar-refractivity contribution in [3.63, 3.8) is 0 Å².